The minimum atomic E-state index is -1.06. The van der Waals surface area contributed by atoms with Gasteiger partial charge in [-0.1, -0.05) is 18.2 Å². The Morgan fingerprint density at radius 1 is 1.36 bits per heavy atom. The molecule has 0 aliphatic carbocycles. The Hall–Kier alpha value is -2.47. The summed E-state index contributed by atoms with van der Waals surface area (Å²) in [4.78, 5) is 29.5. The number of amides is 1. The van der Waals surface area contributed by atoms with E-state index in [-0.39, 0.29) is 19.1 Å². The van der Waals surface area contributed by atoms with Gasteiger partial charge in [0.1, 0.15) is 5.69 Å². The second-order valence-electron chi connectivity index (χ2n) is 5.29. The summed E-state index contributed by atoms with van der Waals surface area (Å²) in [5, 5.41) is 10.0. The van der Waals surface area contributed by atoms with Crippen LogP contribution in [0.3, 0.4) is 0 Å². The van der Waals surface area contributed by atoms with E-state index in [0.717, 1.165) is 16.5 Å². The molecule has 6 heteroatoms. The highest BCUT2D eigenvalue weighted by atomic mass is 16.5. The highest BCUT2D eigenvalue weighted by Crippen LogP contribution is 2.19. The Bertz CT molecular complexity index is 744. The number of carbonyl (C=O) groups is 2. The molecule has 1 atom stereocenters. The van der Waals surface area contributed by atoms with Gasteiger partial charge in [0.2, 0.25) is 0 Å². The van der Waals surface area contributed by atoms with Gasteiger partial charge in [-0.3, -0.25) is 4.79 Å². The van der Waals surface area contributed by atoms with Gasteiger partial charge in [0.25, 0.3) is 5.91 Å². The molecule has 0 saturated carbocycles. The molecule has 1 aliphatic heterocycles. The van der Waals surface area contributed by atoms with Crippen LogP contribution in [0.5, 0.6) is 0 Å². The molecule has 1 saturated heterocycles. The van der Waals surface area contributed by atoms with E-state index in [9.17, 15) is 9.59 Å². The molecule has 22 heavy (non-hydrogen) atoms. The van der Waals surface area contributed by atoms with Crippen molar-refractivity contribution in [3.8, 4) is 0 Å². The fraction of sp³-hybridized carbons (Fsp3) is 0.312. The molecule has 1 unspecified atom stereocenters. The molecule has 1 aliphatic rings. The summed E-state index contributed by atoms with van der Waals surface area (Å²) in [5.41, 5.74) is 2.06. The van der Waals surface area contributed by atoms with Crippen molar-refractivity contribution < 1.29 is 19.4 Å². The van der Waals surface area contributed by atoms with Gasteiger partial charge < -0.3 is 14.7 Å². The maximum atomic E-state index is 12.6. The number of ether oxygens (including phenoxy) is 1. The summed E-state index contributed by atoms with van der Waals surface area (Å²) in [5.74, 6) is -1.32. The number of para-hydroxylation sites is 1. The molecule has 1 N–H and O–H groups in total. The number of fused-ring (bicyclic) bond motifs is 1. The number of carboxylic acids is 1. The smallest absolute Gasteiger partial charge is 0.334 e. The minimum absolute atomic E-state index is 0.0434. The zero-order valence-corrected chi connectivity index (χ0v) is 12.2. The zero-order valence-electron chi connectivity index (χ0n) is 12.2. The van der Waals surface area contributed by atoms with Crippen LogP contribution in [0.2, 0.25) is 0 Å². The first-order valence-electron chi connectivity index (χ1n) is 7.06. The van der Waals surface area contributed by atoms with Gasteiger partial charge in [0.05, 0.1) is 18.7 Å². The lowest BCUT2D eigenvalue weighted by atomic mass is 10.1. The molecule has 114 valence electrons. The first-order valence-corrected chi connectivity index (χ1v) is 7.06. The molecule has 1 fully saturated rings. The summed E-state index contributed by atoms with van der Waals surface area (Å²) < 4.78 is 5.14. The number of carboxylic acid groups (broad SMARTS) is 1. The fourth-order valence-electron chi connectivity index (χ4n) is 2.60. The molecule has 0 bridgehead atoms. The fourth-order valence-corrected chi connectivity index (χ4v) is 2.60. The van der Waals surface area contributed by atoms with Gasteiger partial charge in [-0.15, -0.1) is 0 Å². The Kier molecular flexibility index (Phi) is 3.77. The minimum Gasteiger partial charge on any atom is -0.479 e. The average Bonchev–Trinajstić information content (AvgIpc) is 2.54. The summed E-state index contributed by atoms with van der Waals surface area (Å²) in [6.07, 6.45) is -0.973. The molecule has 2 heterocycles. The standard InChI is InChI=1S/C16H16N2O4/c1-10-8-13(17-12-5-3-2-4-11(10)12)15(19)18-6-7-22-14(9-18)16(20)21/h2-5,8,14H,6-7,9H2,1H3,(H,20,21). The van der Waals surface area contributed by atoms with E-state index < -0.39 is 12.1 Å². The van der Waals surface area contributed by atoms with Gasteiger partial charge in [0, 0.05) is 11.9 Å². The Morgan fingerprint density at radius 2 is 2.14 bits per heavy atom. The molecule has 3 rings (SSSR count). The van der Waals surface area contributed by atoms with Crippen molar-refractivity contribution in [2.75, 3.05) is 19.7 Å². The van der Waals surface area contributed by atoms with Gasteiger partial charge in [-0.2, -0.15) is 0 Å². The van der Waals surface area contributed by atoms with E-state index in [1.807, 2.05) is 31.2 Å². The normalized spacial score (nSPS) is 18.4. The maximum absolute atomic E-state index is 12.6. The van der Waals surface area contributed by atoms with Gasteiger partial charge >= 0.3 is 5.97 Å². The second kappa shape index (κ2) is 5.73. The van der Waals surface area contributed by atoms with Crippen molar-refractivity contribution in [2.45, 2.75) is 13.0 Å². The van der Waals surface area contributed by atoms with Crippen molar-refractivity contribution in [2.24, 2.45) is 0 Å². The van der Waals surface area contributed by atoms with Crippen molar-refractivity contribution >= 4 is 22.8 Å². The summed E-state index contributed by atoms with van der Waals surface area (Å²) in [6.45, 7) is 2.56. The maximum Gasteiger partial charge on any atom is 0.334 e. The topological polar surface area (TPSA) is 79.7 Å². The van der Waals surface area contributed by atoms with Crippen molar-refractivity contribution in [3.05, 3.63) is 41.6 Å². The van der Waals surface area contributed by atoms with Gasteiger partial charge in [0.15, 0.2) is 6.10 Å². The number of benzene rings is 1. The van der Waals surface area contributed by atoms with Crippen LogP contribution in [0, 0.1) is 6.92 Å². The number of rotatable bonds is 2. The van der Waals surface area contributed by atoms with Crippen LogP contribution in [-0.2, 0) is 9.53 Å². The largest absolute Gasteiger partial charge is 0.479 e. The van der Waals surface area contributed by atoms with E-state index in [1.54, 1.807) is 6.07 Å². The lowest BCUT2D eigenvalue weighted by Gasteiger charge is -2.30. The molecule has 6 nitrogen and oxygen atoms in total. The van der Waals surface area contributed by atoms with Crippen LogP contribution >= 0.6 is 0 Å². The molecule has 1 aromatic heterocycles. The van der Waals surface area contributed by atoms with Crippen LogP contribution in [0.4, 0.5) is 0 Å². The van der Waals surface area contributed by atoms with Crippen molar-refractivity contribution in [3.63, 3.8) is 0 Å². The third kappa shape index (κ3) is 2.65. The van der Waals surface area contributed by atoms with Crippen molar-refractivity contribution in [1.82, 2.24) is 9.88 Å². The molecule has 1 amide bonds. The summed E-state index contributed by atoms with van der Waals surface area (Å²) >= 11 is 0. The number of aryl methyl sites for hydroxylation is 1. The quantitative estimate of drug-likeness (QED) is 0.908. The van der Waals surface area contributed by atoms with E-state index in [0.29, 0.717) is 12.2 Å². The Labute approximate surface area is 127 Å². The zero-order chi connectivity index (χ0) is 15.7. The predicted octanol–water partition coefficient (Wildman–Crippen LogP) is 1.47. The number of aliphatic carboxylic acids is 1. The van der Waals surface area contributed by atoms with E-state index >= 15 is 0 Å². The van der Waals surface area contributed by atoms with Crippen LogP contribution < -0.4 is 0 Å². The lowest BCUT2D eigenvalue weighted by Crippen LogP contribution is -2.48. The monoisotopic (exact) mass is 300 g/mol. The highest BCUT2D eigenvalue weighted by Gasteiger charge is 2.30. The molecule has 0 spiro atoms. The van der Waals surface area contributed by atoms with E-state index in [1.165, 1.54) is 4.90 Å². The number of nitrogens with zero attached hydrogens (tertiary/aromatic N) is 2. The molecular weight excluding hydrogens is 284 g/mol. The van der Waals surface area contributed by atoms with Crippen LogP contribution in [0.25, 0.3) is 10.9 Å². The van der Waals surface area contributed by atoms with Gasteiger partial charge in [-0.25, -0.2) is 9.78 Å². The first-order chi connectivity index (χ1) is 10.6. The summed E-state index contributed by atoms with van der Waals surface area (Å²) in [7, 11) is 0. The molecular formula is C16H16N2O4. The molecule has 2 aromatic rings. The van der Waals surface area contributed by atoms with Gasteiger partial charge in [-0.05, 0) is 24.6 Å². The number of pyridine rings is 1. The number of hydrogen-bond donors (Lipinski definition) is 1. The first kappa shape index (κ1) is 14.5. The highest BCUT2D eigenvalue weighted by molar-refractivity contribution is 5.96. The van der Waals surface area contributed by atoms with Crippen LogP contribution in [0.1, 0.15) is 16.1 Å². The molecule has 0 radical (unpaired) electrons. The Balaban J connectivity index is 1.90. The third-order valence-corrected chi connectivity index (χ3v) is 3.77. The van der Waals surface area contributed by atoms with Crippen LogP contribution in [-0.4, -0.2) is 52.7 Å². The van der Waals surface area contributed by atoms with E-state index in [4.69, 9.17) is 9.84 Å². The third-order valence-electron chi connectivity index (χ3n) is 3.77. The summed E-state index contributed by atoms with van der Waals surface area (Å²) in [6, 6.07) is 9.37. The SMILES string of the molecule is Cc1cc(C(=O)N2CCOC(C(=O)O)C2)nc2ccccc12. The number of carbonyl (C=O) groups excluding carboxylic acids is 1. The average molecular weight is 300 g/mol. The van der Waals surface area contributed by atoms with Crippen LogP contribution in [0.15, 0.2) is 30.3 Å². The lowest BCUT2D eigenvalue weighted by molar-refractivity contribution is -0.154. The predicted molar refractivity (Wildman–Crippen MR) is 79.8 cm³/mol. The van der Waals surface area contributed by atoms with E-state index in [2.05, 4.69) is 4.98 Å². The number of morpholine rings is 1. The second-order valence-corrected chi connectivity index (χ2v) is 5.29. The molecule has 1 aromatic carbocycles. The number of aromatic nitrogens is 1. The van der Waals surface area contributed by atoms with Crippen molar-refractivity contribution in [1.29, 1.82) is 0 Å². The Morgan fingerprint density at radius 3 is 2.91 bits per heavy atom. The number of hydrogen-bond acceptors (Lipinski definition) is 4.